The van der Waals surface area contributed by atoms with Gasteiger partial charge in [0.2, 0.25) is 0 Å². The van der Waals surface area contributed by atoms with Gasteiger partial charge in [-0.05, 0) is 25.1 Å². The first-order valence-electron chi connectivity index (χ1n) is 5.92. The highest BCUT2D eigenvalue weighted by Gasteiger charge is 2.12. The van der Waals surface area contributed by atoms with Crippen molar-refractivity contribution in [1.82, 2.24) is 0 Å². The lowest BCUT2D eigenvalue weighted by Gasteiger charge is -2.13. The minimum atomic E-state index is -0.707. The number of ether oxygens (including phenoxy) is 1. The molecule has 0 amide bonds. The second-order valence-corrected chi connectivity index (χ2v) is 4.20. The van der Waals surface area contributed by atoms with Crippen molar-refractivity contribution in [3.63, 3.8) is 0 Å². The Morgan fingerprint density at radius 3 is 2.32 bits per heavy atom. The van der Waals surface area contributed by atoms with Crippen LogP contribution in [0.2, 0.25) is 0 Å². The predicted octanol–water partition coefficient (Wildman–Crippen LogP) is 3.60. The fourth-order valence-corrected chi connectivity index (χ4v) is 1.78. The summed E-state index contributed by atoms with van der Waals surface area (Å²) in [4.78, 5) is 0. The fraction of sp³-hybridized carbons (Fsp3) is 0.200. The average molecular weight is 264 g/mol. The van der Waals surface area contributed by atoms with E-state index in [1.807, 2.05) is 0 Å². The fourth-order valence-electron chi connectivity index (χ4n) is 1.78. The average Bonchev–Trinajstić information content (AvgIpc) is 2.38. The van der Waals surface area contributed by atoms with E-state index in [0.717, 1.165) is 0 Å². The molecule has 0 bridgehead atoms. The van der Waals surface area contributed by atoms with Crippen LogP contribution in [0.5, 0.6) is 5.75 Å². The molecule has 0 saturated heterocycles. The molecule has 2 rings (SSSR count). The van der Waals surface area contributed by atoms with Crippen LogP contribution in [0.3, 0.4) is 0 Å². The summed E-state index contributed by atoms with van der Waals surface area (Å²) in [6, 6.07) is 10.5. The maximum Gasteiger partial charge on any atom is 0.132 e. The van der Waals surface area contributed by atoms with Crippen LogP contribution in [0, 0.1) is 11.6 Å². The first kappa shape index (κ1) is 13.5. The topological polar surface area (TPSA) is 29.5 Å². The normalized spacial score (nSPS) is 12.2. The van der Waals surface area contributed by atoms with Crippen LogP contribution in [-0.4, -0.2) is 5.11 Å². The number of aliphatic hydroxyl groups excluding tert-OH is 1. The van der Waals surface area contributed by atoms with Gasteiger partial charge in [0.15, 0.2) is 0 Å². The molecule has 4 heteroatoms. The van der Waals surface area contributed by atoms with Crippen LogP contribution in [0.25, 0.3) is 0 Å². The van der Waals surface area contributed by atoms with Gasteiger partial charge < -0.3 is 9.84 Å². The van der Waals surface area contributed by atoms with E-state index in [0.29, 0.717) is 11.3 Å². The Kier molecular flexibility index (Phi) is 4.12. The maximum absolute atomic E-state index is 13.4. The zero-order valence-corrected chi connectivity index (χ0v) is 10.4. The Morgan fingerprint density at radius 1 is 1.05 bits per heavy atom. The lowest BCUT2D eigenvalue weighted by Crippen LogP contribution is -2.04. The smallest absolute Gasteiger partial charge is 0.132 e. The van der Waals surface area contributed by atoms with Gasteiger partial charge in [-0.3, -0.25) is 0 Å². The molecule has 1 N–H and O–H groups in total. The SMILES string of the molecule is CC(O)c1ccccc1OCc1c(F)cccc1F. The van der Waals surface area contributed by atoms with Crippen molar-refractivity contribution < 1.29 is 18.6 Å². The van der Waals surface area contributed by atoms with Gasteiger partial charge in [-0.1, -0.05) is 24.3 Å². The molecular weight excluding hydrogens is 250 g/mol. The van der Waals surface area contributed by atoms with Crippen LogP contribution in [0.4, 0.5) is 8.78 Å². The predicted molar refractivity (Wildman–Crippen MR) is 67.8 cm³/mol. The molecule has 19 heavy (non-hydrogen) atoms. The molecule has 100 valence electrons. The van der Waals surface area contributed by atoms with E-state index in [1.54, 1.807) is 31.2 Å². The largest absolute Gasteiger partial charge is 0.488 e. The van der Waals surface area contributed by atoms with E-state index in [-0.39, 0.29) is 12.2 Å². The zero-order chi connectivity index (χ0) is 13.8. The van der Waals surface area contributed by atoms with Gasteiger partial charge in [0.1, 0.15) is 24.0 Å². The molecule has 0 radical (unpaired) electrons. The molecule has 0 heterocycles. The van der Waals surface area contributed by atoms with E-state index in [9.17, 15) is 13.9 Å². The third kappa shape index (κ3) is 3.09. The number of hydrogen-bond acceptors (Lipinski definition) is 2. The molecule has 1 unspecified atom stereocenters. The third-order valence-electron chi connectivity index (χ3n) is 2.80. The van der Waals surface area contributed by atoms with E-state index in [2.05, 4.69) is 0 Å². The second-order valence-electron chi connectivity index (χ2n) is 4.20. The summed E-state index contributed by atoms with van der Waals surface area (Å²) in [5.41, 5.74) is 0.460. The molecule has 2 aromatic carbocycles. The highest BCUT2D eigenvalue weighted by atomic mass is 19.1. The zero-order valence-electron chi connectivity index (χ0n) is 10.4. The standard InChI is InChI=1S/C15H14F2O2/c1-10(18)11-5-2-3-8-15(11)19-9-12-13(16)6-4-7-14(12)17/h2-8,10,18H,9H2,1H3. The van der Waals surface area contributed by atoms with Crippen molar-refractivity contribution in [2.24, 2.45) is 0 Å². The number of para-hydroxylation sites is 1. The Bertz CT molecular complexity index is 548. The molecule has 2 nitrogen and oxygen atoms in total. The van der Waals surface area contributed by atoms with Gasteiger partial charge in [-0.25, -0.2) is 8.78 Å². The van der Waals surface area contributed by atoms with Gasteiger partial charge in [-0.2, -0.15) is 0 Å². The minimum absolute atomic E-state index is 0.122. The third-order valence-corrected chi connectivity index (χ3v) is 2.80. The molecule has 0 spiro atoms. The van der Waals surface area contributed by atoms with E-state index >= 15 is 0 Å². The first-order valence-corrected chi connectivity index (χ1v) is 5.92. The van der Waals surface area contributed by atoms with E-state index in [1.165, 1.54) is 18.2 Å². The molecule has 1 atom stereocenters. The summed E-state index contributed by atoms with van der Waals surface area (Å²) in [5, 5.41) is 9.58. The van der Waals surface area contributed by atoms with Crippen molar-refractivity contribution in [3.05, 3.63) is 65.2 Å². The molecule has 0 aliphatic carbocycles. The summed E-state index contributed by atoms with van der Waals surface area (Å²) >= 11 is 0. The van der Waals surface area contributed by atoms with E-state index in [4.69, 9.17) is 4.74 Å². The maximum atomic E-state index is 13.4. The van der Waals surface area contributed by atoms with Crippen molar-refractivity contribution in [2.75, 3.05) is 0 Å². The summed E-state index contributed by atoms with van der Waals surface area (Å²) in [7, 11) is 0. The number of benzene rings is 2. The number of aliphatic hydroxyl groups is 1. The molecule has 0 aliphatic heterocycles. The summed E-state index contributed by atoms with van der Waals surface area (Å²) < 4.78 is 32.3. The molecule has 2 aromatic rings. The monoisotopic (exact) mass is 264 g/mol. The van der Waals surface area contributed by atoms with Crippen LogP contribution in [-0.2, 0) is 6.61 Å². The highest BCUT2D eigenvalue weighted by Crippen LogP contribution is 2.26. The quantitative estimate of drug-likeness (QED) is 0.914. The Labute approximate surface area is 110 Å². The van der Waals surface area contributed by atoms with E-state index < -0.39 is 17.7 Å². The van der Waals surface area contributed by atoms with Crippen molar-refractivity contribution in [2.45, 2.75) is 19.6 Å². The lowest BCUT2D eigenvalue weighted by atomic mass is 10.1. The van der Waals surface area contributed by atoms with Crippen LogP contribution in [0.15, 0.2) is 42.5 Å². The van der Waals surface area contributed by atoms with Gasteiger partial charge >= 0.3 is 0 Å². The summed E-state index contributed by atoms with van der Waals surface area (Å²) in [6.45, 7) is 1.38. The van der Waals surface area contributed by atoms with Gasteiger partial charge in [-0.15, -0.1) is 0 Å². The van der Waals surface area contributed by atoms with Gasteiger partial charge in [0.25, 0.3) is 0 Å². The van der Waals surface area contributed by atoms with Crippen molar-refractivity contribution >= 4 is 0 Å². The molecule has 0 aromatic heterocycles. The minimum Gasteiger partial charge on any atom is -0.488 e. The van der Waals surface area contributed by atoms with Crippen LogP contribution < -0.4 is 4.74 Å². The summed E-state index contributed by atoms with van der Waals surface area (Å²) in [6.07, 6.45) is -0.707. The molecular formula is C15H14F2O2. The number of halogens is 2. The highest BCUT2D eigenvalue weighted by molar-refractivity contribution is 5.35. The van der Waals surface area contributed by atoms with Gasteiger partial charge in [0.05, 0.1) is 11.7 Å². The Hall–Kier alpha value is -1.94. The Balaban J connectivity index is 2.19. The van der Waals surface area contributed by atoms with Crippen LogP contribution >= 0.6 is 0 Å². The van der Waals surface area contributed by atoms with Crippen molar-refractivity contribution in [1.29, 1.82) is 0 Å². The Morgan fingerprint density at radius 2 is 1.68 bits per heavy atom. The number of hydrogen-bond donors (Lipinski definition) is 1. The van der Waals surface area contributed by atoms with Crippen LogP contribution in [0.1, 0.15) is 24.2 Å². The molecule has 0 fully saturated rings. The number of rotatable bonds is 4. The summed E-state index contributed by atoms with van der Waals surface area (Å²) in [5.74, 6) is -0.871. The molecule has 0 saturated carbocycles. The van der Waals surface area contributed by atoms with Crippen molar-refractivity contribution in [3.8, 4) is 5.75 Å². The van der Waals surface area contributed by atoms with Gasteiger partial charge in [0, 0.05) is 5.56 Å². The second kappa shape index (κ2) is 5.80. The molecule has 0 aliphatic rings. The lowest BCUT2D eigenvalue weighted by molar-refractivity contribution is 0.189. The first-order chi connectivity index (χ1) is 9.09.